The third-order valence-corrected chi connectivity index (χ3v) is 3.87. The van der Waals surface area contributed by atoms with Gasteiger partial charge in [0, 0.05) is 6.42 Å². The first-order valence-corrected chi connectivity index (χ1v) is 7.95. The van der Waals surface area contributed by atoms with Gasteiger partial charge in [0.15, 0.2) is 0 Å². The molecule has 1 rings (SSSR count). The van der Waals surface area contributed by atoms with E-state index in [1.54, 1.807) is 0 Å². The Kier molecular flexibility index (Phi) is 8.11. The quantitative estimate of drug-likeness (QED) is 0.538. The third-order valence-electron chi connectivity index (χ3n) is 3.87. The Balaban J connectivity index is 1.92. The first-order valence-electron chi connectivity index (χ1n) is 7.95. The number of aliphatic hydroxyl groups is 1. The first kappa shape index (κ1) is 16.5. The number of ether oxygens (including phenoxy) is 1. The monoisotopic (exact) mass is 270 g/mol. The molecule has 3 heteroatoms. The number of unbranched alkanes of at least 4 members (excludes halogenated alkanes) is 3. The van der Waals surface area contributed by atoms with Gasteiger partial charge >= 0.3 is 5.97 Å². The summed E-state index contributed by atoms with van der Waals surface area (Å²) in [5, 5.41) is 9.60. The summed E-state index contributed by atoms with van der Waals surface area (Å²) in [6, 6.07) is 0. The third kappa shape index (κ3) is 8.25. The Hall–Kier alpha value is -0.570. The zero-order valence-electron chi connectivity index (χ0n) is 12.6. The molecule has 112 valence electrons. The van der Waals surface area contributed by atoms with Crippen LogP contribution < -0.4 is 0 Å². The lowest BCUT2D eigenvalue weighted by atomic mass is 9.84. The molecule has 0 spiro atoms. The SMILES string of the molecule is CC(C)OC(=O)CCCCCC[C@H]1CCC[C@@H](O)C1. The average Bonchev–Trinajstić information content (AvgIpc) is 2.32. The zero-order chi connectivity index (χ0) is 14.1. The molecule has 1 N–H and O–H groups in total. The summed E-state index contributed by atoms with van der Waals surface area (Å²) >= 11 is 0. The van der Waals surface area contributed by atoms with E-state index in [9.17, 15) is 9.90 Å². The van der Waals surface area contributed by atoms with Gasteiger partial charge in [-0.25, -0.2) is 0 Å². The summed E-state index contributed by atoms with van der Waals surface area (Å²) in [6.45, 7) is 3.77. The zero-order valence-corrected chi connectivity index (χ0v) is 12.6. The lowest BCUT2D eigenvalue weighted by molar-refractivity contribution is -0.147. The molecule has 0 aromatic rings. The summed E-state index contributed by atoms with van der Waals surface area (Å²) in [4.78, 5) is 11.3. The first-order chi connectivity index (χ1) is 9.08. The van der Waals surface area contributed by atoms with Gasteiger partial charge in [-0.15, -0.1) is 0 Å². The van der Waals surface area contributed by atoms with Crippen LogP contribution in [-0.2, 0) is 9.53 Å². The van der Waals surface area contributed by atoms with Crippen LogP contribution in [0.2, 0.25) is 0 Å². The van der Waals surface area contributed by atoms with Crippen molar-refractivity contribution in [3.8, 4) is 0 Å². The van der Waals surface area contributed by atoms with Gasteiger partial charge in [-0.05, 0) is 39.0 Å². The number of esters is 1. The number of aliphatic hydroxyl groups excluding tert-OH is 1. The van der Waals surface area contributed by atoms with Crippen molar-refractivity contribution in [2.75, 3.05) is 0 Å². The molecule has 3 nitrogen and oxygen atoms in total. The van der Waals surface area contributed by atoms with E-state index in [2.05, 4.69) is 0 Å². The fourth-order valence-electron chi connectivity index (χ4n) is 2.90. The molecule has 0 unspecified atom stereocenters. The Morgan fingerprint density at radius 3 is 2.63 bits per heavy atom. The molecule has 0 amide bonds. The van der Waals surface area contributed by atoms with Crippen LogP contribution in [0.1, 0.15) is 78.1 Å². The topological polar surface area (TPSA) is 46.5 Å². The fourth-order valence-corrected chi connectivity index (χ4v) is 2.90. The molecule has 0 aromatic carbocycles. The normalized spacial score (nSPS) is 23.6. The number of carbonyl (C=O) groups excluding carboxylic acids is 1. The molecule has 0 aromatic heterocycles. The van der Waals surface area contributed by atoms with E-state index >= 15 is 0 Å². The van der Waals surface area contributed by atoms with Gasteiger partial charge in [-0.2, -0.15) is 0 Å². The number of hydrogen-bond donors (Lipinski definition) is 1. The average molecular weight is 270 g/mol. The standard InChI is InChI=1S/C16H30O3/c1-13(2)19-16(18)11-6-4-3-5-8-14-9-7-10-15(17)12-14/h13-15,17H,3-12H2,1-2H3/t14-,15+/m0/s1. The van der Waals surface area contributed by atoms with Crippen molar-refractivity contribution in [3.63, 3.8) is 0 Å². The predicted octanol–water partition coefficient (Wildman–Crippen LogP) is 3.83. The van der Waals surface area contributed by atoms with Crippen molar-refractivity contribution in [1.82, 2.24) is 0 Å². The van der Waals surface area contributed by atoms with E-state index in [1.165, 1.54) is 32.1 Å². The van der Waals surface area contributed by atoms with Crippen LogP contribution >= 0.6 is 0 Å². The van der Waals surface area contributed by atoms with Gasteiger partial charge in [-0.1, -0.05) is 38.5 Å². The Bertz CT molecular complexity index is 250. The van der Waals surface area contributed by atoms with E-state index in [-0.39, 0.29) is 18.2 Å². The molecule has 0 radical (unpaired) electrons. The van der Waals surface area contributed by atoms with E-state index in [4.69, 9.17) is 4.74 Å². The minimum Gasteiger partial charge on any atom is -0.463 e. The van der Waals surface area contributed by atoms with Gasteiger partial charge in [0.1, 0.15) is 0 Å². The minimum absolute atomic E-state index is 0.00484. The Labute approximate surface area is 117 Å². The van der Waals surface area contributed by atoms with Crippen LogP contribution in [0.5, 0.6) is 0 Å². The highest BCUT2D eigenvalue weighted by molar-refractivity contribution is 5.69. The molecular weight excluding hydrogens is 240 g/mol. The Morgan fingerprint density at radius 2 is 1.95 bits per heavy atom. The summed E-state index contributed by atoms with van der Waals surface area (Å²) in [5.74, 6) is 0.667. The van der Waals surface area contributed by atoms with Crippen LogP contribution in [0, 0.1) is 5.92 Å². The molecule has 0 heterocycles. The predicted molar refractivity (Wildman–Crippen MR) is 76.9 cm³/mol. The molecule has 19 heavy (non-hydrogen) atoms. The Morgan fingerprint density at radius 1 is 1.21 bits per heavy atom. The number of hydrogen-bond acceptors (Lipinski definition) is 3. The van der Waals surface area contributed by atoms with Crippen molar-refractivity contribution in [3.05, 3.63) is 0 Å². The molecule has 0 saturated heterocycles. The van der Waals surface area contributed by atoms with Crippen molar-refractivity contribution in [2.45, 2.75) is 90.3 Å². The van der Waals surface area contributed by atoms with Crippen molar-refractivity contribution in [1.29, 1.82) is 0 Å². The van der Waals surface area contributed by atoms with Gasteiger partial charge in [0.25, 0.3) is 0 Å². The molecule has 2 atom stereocenters. The lowest BCUT2D eigenvalue weighted by Gasteiger charge is -2.25. The van der Waals surface area contributed by atoms with Crippen LogP contribution in [-0.4, -0.2) is 23.3 Å². The largest absolute Gasteiger partial charge is 0.463 e. The lowest BCUT2D eigenvalue weighted by Crippen LogP contribution is -2.19. The highest BCUT2D eigenvalue weighted by atomic mass is 16.5. The summed E-state index contributed by atoms with van der Waals surface area (Å²) in [5.41, 5.74) is 0. The minimum atomic E-state index is -0.0644. The van der Waals surface area contributed by atoms with Gasteiger partial charge in [-0.3, -0.25) is 4.79 Å². The highest BCUT2D eigenvalue weighted by Gasteiger charge is 2.19. The molecule has 1 saturated carbocycles. The summed E-state index contributed by atoms with van der Waals surface area (Å²) in [6.07, 6.45) is 10.7. The maximum atomic E-state index is 11.3. The second-order valence-electron chi connectivity index (χ2n) is 6.18. The van der Waals surface area contributed by atoms with Crippen LogP contribution in [0.3, 0.4) is 0 Å². The van der Waals surface area contributed by atoms with Crippen molar-refractivity contribution in [2.24, 2.45) is 5.92 Å². The van der Waals surface area contributed by atoms with Gasteiger partial charge in [0.05, 0.1) is 12.2 Å². The second-order valence-corrected chi connectivity index (χ2v) is 6.18. The van der Waals surface area contributed by atoms with E-state index in [1.807, 2.05) is 13.8 Å². The highest BCUT2D eigenvalue weighted by Crippen LogP contribution is 2.28. The second kappa shape index (κ2) is 9.35. The van der Waals surface area contributed by atoms with Crippen molar-refractivity contribution >= 4 is 5.97 Å². The van der Waals surface area contributed by atoms with Crippen LogP contribution in [0.15, 0.2) is 0 Å². The number of rotatable bonds is 8. The van der Waals surface area contributed by atoms with E-state index < -0.39 is 0 Å². The molecule has 1 aliphatic carbocycles. The smallest absolute Gasteiger partial charge is 0.306 e. The number of carbonyl (C=O) groups is 1. The van der Waals surface area contributed by atoms with Gasteiger partial charge in [0.2, 0.25) is 0 Å². The van der Waals surface area contributed by atoms with E-state index in [0.717, 1.165) is 31.6 Å². The van der Waals surface area contributed by atoms with Crippen LogP contribution in [0.25, 0.3) is 0 Å². The fraction of sp³-hybridized carbons (Fsp3) is 0.938. The molecule has 1 aliphatic rings. The van der Waals surface area contributed by atoms with Gasteiger partial charge < -0.3 is 9.84 Å². The summed E-state index contributed by atoms with van der Waals surface area (Å²) in [7, 11) is 0. The maximum absolute atomic E-state index is 11.3. The molecule has 0 bridgehead atoms. The van der Waals surface area contributed by atoms with E-state index in [0.29, 0.717) is 6.42 Å². The summed E-state index contributed by atoms with van der Waals surface area (Å²) < 4.78 is 5.10. The van der Waals surface area contributed by atoms with Crippen LogP contribution in [0.4, 0.5) is 0 Å². The molecular formula is C16H30O3. The maximum Gasteiger partial charge on any atom is 0.306 e. The van der Waals surface area contributed by atoms with Crippen molar-refractivity contribution < 1.29 is 14.6 Å². The molecule has 0 aliphatic heterocycles. The molecule has 1 fully saturated rings.